The first kappa shape index (κ1) is 13.9. The summed E-state index contributed by atoms with van der Waals surface area (Å²) in [6.07, 6.45) is 0. The fourth-order valence-electron chi connectivity index (χ4n) is 1.99. The predicted octanol–water partition coefficient (Wildman–Crippen LogP) is 2.68. The summed E-state index contributed by atoms with van der Waals surface area (Å²) in [7, 11) is 1.71. The summed E-state index contributed by atoms with van der Waals surface area (Å²) in [5, 5.41) is 18.7. The lowest BCUT2D eigenvalue weighted by atomic mass is 10.1. The van der Waals surface area contributed by atoms with E-state index in [1.54, 1.807) is 11.9 Å². The number of carbonyl (C=O) groups excluding carboxylic acids is 1. The molecule has 0 saturated heterocycles. The van der Waals surface area contributed by atoms with Crippen molar-refractivity contribution < 1.29 is 15.0 Å². The van der Waals surface area contributed by atoms with Gasteiger partial charge in [0.1, 0.15) is 0 Å². The minimum Gasteiger partial charge on any atom is -0.504 e. The molecular weight excluding hydrogens is 254 g/mol. The van der Waals surface area contributed by atoms with Crippen molar-refractivity contribution in [1.29, 1.82) is 0 Å². The van der Waals surface area contributed by atoms with Gasteiger partial charge >= 0.3 is 0 Å². The molecule has 2 rings (SSSR count). The molecule has 20 heavy (non-hydrogen) atoms. The highest BCUT2D eigenvalue weighted by atomic mass is 16.3. The lowest BCUT2D eigenvalue weighted by Gasteiger charge is -2.18. The van der Waals surface area contributed by atoms with Crippen molar-refractivity contribution in [2.75, 3.05) is 7.05 Å². The van der Waals surface area contributed by atoms with E-state index in [0.29, 0.717) is 12.1 Å². The quantitative estimate of drug-likeness (QED) is 0.844. The van der Waals surface area contributed by atoms with Gasteiger partial charge in [0, 0.05) is 19.2 Å². The maximum Gasteiger partial charge on any atom is 0.254 e. The van der Waals surface area contributed by atoms with Crippen LogP contribution in [0.15, 0.2) is 42.5 Å². The van der Waals surface area contributed by atoms with Gasteiger partial charge in [0.2, 0.25) is 0 Å². The minimum atomic E-state index is -0.292. The van der Waals surface area contributed by atoms with E-state index in [1.807, 2.05) is 31.2 Å². The van der Waals surface area contributed by atoms with Gasteiger partial charge in [-0.05, 0) is 36.2 Å². The van der Waals surface area contributed by atoms with Crippen molar-refractivity contribution in [3.05, 3.63) is 59.2 Å². The first-order chi connectivity index (χ1) is 9.49. The molecule has 0 aliphatic rings. The molecule has 0 bridgehead atoms. The van der Waals surface area contributed by atoms with Gasteiger partial charge in [-0.15, -0.1) is 0 Å². The van der Waals surface area contributed by atoms with Crippen LogP contribution in [0.1, 0.15) is 21.5 Å². The Labute approximate surface area is 117 Å². The summed E-state index contributed by atoms with van der Waals surface area (Å²) in [6, 6.07) is 11.9. The highest BCUT2D eigenvalue weighted by Crippen LogP contribution is 2.25. The fourth-order valence-corrected chi connectivity index (χ4v) is 1.99. The molecular formula is C16H17NO3. The smallest absolute Gasteiger partial charge is 0.254 e. The number of amides is 1. The molecule has 0 aliphatic heterocycles. The average Bonchev–Trinajstić information content (AvgIpc) is 2.43. The van der Waals surface area contributed by atoms with Crippen LogP contribution in [0.2, 0.25) is 0 Å². The Morgan fingerprint density at radius 2 is 1.80 bits per heavy atom. The van der Waals surface area contributed by atoms with Gasteiger partial charge in [-0.2, -0.15) is 0 Å². The molecule has 0 radical (unpaired) electrons. The topological polar surface area (TPSA) is 60.8 Å². The van der Waals surface area contributed by atoms with Crippen molar-refractivity contribution in [1.82, 2.24) is 4.90 Å². The summed E-state index contributed by atoms with van der Waals surface area (Å²) in [6.45, 7) is 2.49. The maximum absolute atomic E-state index is 12.3. The number of aromatic hydroxyl groups is 2. The van der Waals surface area contributed by atoms with Gasteiger partial charge in [0.05, 0.1) is 0 Å². The Hall–Kier alpha value is -2.49. The summed E-state index contributed by atoms with van der Waals surface area (Å²) >= 11 is 0. The zero-order valence-corrected chi connectivity index (χ0v) is 11.5. The second kappa shape index (κ2) is 5.65. The first-order valence-corrected chi connectivity index (χ1v) is 6.31. The van der Waals surface area contributed by atoms with E-state index >= 15 is 0 Å². The molecule has 104 valence electrons. The van der Waals surface area contributed by atoms with E-state index in [1.165, 1.54) is 18.2 Å². The molecule has 1 amide bonds. The van der Waals surface area contributed by atoms with Crippen LogP contribution in [0.25, 0.3) is 0 Å². The maximum atomic E-state index is 12.3. The van der Waals surface area contributed by atoms with Crippen molar-refractivity contribution in [2.45, 2.75) is 13.5 Å². The van der Waals surface area contributed by atoms with E-state index < -0.39 is 0 Å². The lowest BCUT2D eigenvalue weighted by molar-refractivity contribution is 0.0784. The Bertz CT molecular complexity index is 637. The fraction of sp³-hybridized carbons (Fsp3) is 0.188. The third kappa shape index (κ3) is 2.91. The molecule has 4 nitrogen and oxygen atoms in total. The molecule has 2 aromatic carbocycles. The van der Waals surface area contributed by atoms with Crippen molar-refractivity contribution in [3.8, 4) is 11.5 Å². The molecule has 2 aromatic rings. The summed E-state index contributed by atoms with van der Waals surface area (Å²) in [5.74, 6) is -0.730. The van der Waals surface area contributed by atoms with E-state index in [-0.39, 0.29) is 17.4 Å². The average molecular weight is 271 g/mol. The number of aryl methyl sites for hydroxylation is 1. The summed E-state index contributed by atoms with van der Waals surface area (Å²) in [4.78, 5) is 13.8. The number of hydrogen-bond acceptors (Lipinski definition) is 3. The molecule has 0 aliphatic carbocycles. The molecule has 0 saturated carbocycles. The van der Waals surface area contributed by atoms with Crippen molar-refractivity contribution in [2.24, 2.45) is 0 Å². The van der Waals surface area contributed by atoms with Crippen LogP contribution in [0, 0.1) is 6.92 Å². The number of hydrogen-bond donors (Lipinski definition) is 2. The zero-order chi connectivity index (χ0) is 14.7. The van der Waals surface area contributed by atoms with E-state index in [4.69, 9.17) is 0 Å². The second-order valence-electron chi connectivity index (χ2n) is 4.79. The number of phenols is 2. The molecule has 4 heteroatoms. The number of nitrogens with zero attached hydrogens (tertiary/aromatic N) is 1. The molecule has 0 unspecified atom stereocenters. The first-order valence-electron chi connectivity index (χ1n) is 6.31. The zero-order valence-electron chi connectivity index (χ0n) is 11.5. The molecule has 2 N–H and O–H groups in total. The highest BCUT2D eigenvalue weighted by molar-refractivity contribution is 5.94. The van der Waals surface area contributed by atoms with Gasteiger partial charge in [-0.3, -0.25) is 4.79 Å². The van der Waals surface area contributed by atoms with Crippen LogP contribution in [0.5, 0.6) is 11.5 Å². The summed E-state index contributed by atoms with van der Waals surface area (Å²) < 4.78 is 0. The van der Waals surface area contributed by atoms with Crippen molar-refractivity contribution in [3.63, 3.8) is 0 Å². The summed E-state index contributed by atoms with van der Waals surface area (Å²) in [5.41, 5.74) is 2.54. The Morgan fingerprint density at radius 3 is 2.45 bits per heavy atom. The monoisotopic (exact) mass is 271 g/mol. The Balaban J connectivity index is 2.16. The Morgan fingerprint density at radius 1 is 1.10 bits per heavy atom. The standard InChI is InChI=1S/C16H17NO3/c1-11-5-3-4-6-13(11)10-17(2)16(20)12-7-8-14(18)15(19)9-12/h3-9,18-19H,10H2,1-2H3. The number of benzene rings is 2. The SMILES string of the molecule is Cc1ccccc1CN(C)C(=O)c1ccc(O)c(O)c1. The van der Waals surface area contributed by atoms with Crippen LogP contribution in [0.4, 0.5) is 0 Å². The van der Waals surface area contributed by atoms with Crippen LogP contribution < -0.4 is 0 Å². The van der Waals surface area contributed by atoms with Gasteiger partial charge in [0.15, 0.2) is 11.5 Å². The minimum absolute atomic E-state index is 0.205. The molecule has 0 aromatic heterocycles. The van der Waals surface area contributed by atoms with Gasteiger partial charge < -0.3 is 15.1 Å². The van der Waals surface area contributed by atoms with Crippen molar-refractivity contribution >= 4 is 5.91 Å². The molecule has 0 fully saturated rings. The van der Waals surface area contributed by atoms with Gasteiger partial charge in [-0.25, -0.2) is 0 Å². The predicted molar refractivity (Wildman–Crippen MR) is 76.7 cm³/mol. The molecule has 0 heterocycles. The van der Waals surface area contributed by atoms with E-state index in [2.05, 4.69) is 0 Å². The van der Waals surface area contributed by atoms with E-state index in [0.717, 1.165) is 11.1 Å². The van der Waals surface area contributed by atoms with Gasteiger partial charge in [-0.1, -0.05) is 24.3 Å². The molecule has 0 spiro atoms. The number of rotatable bonds is 3. The normalized spacial score (nSPS) is 10.3. The second-order valence-corrected chi connectivity index (χ2v) is 4.79. The Kier molecular flexibility index (Phi) is 3.94. The van der Waals surface area contributed by atoms with Crippen LogP contribution in [-0.2, 0) is 6.54 Å². The lowest BCUT2D eigenvalue weighted by Crippen LogP contribution is -2.26. The third-order valence-electron chi connectivity index (χ3n) is 3.24. The van der Waals surface area contributed by atoms with E-state index in [9.17, 15) is 15.0 Å². The van der Waals surface area contributed by atoms with Gasteiger partial charge in [0.25, 0.3) is 5.91 Å². The van der Waals surface area contributed by atoms with Crippen LogP contribution in [-0.4, -0.2) is 28.1 Å². The highest BCUT2D eigenvalue weighted by Gasteiger charge is 2.14. The number of phenolic OH excluding ortho intramolecular Hbond substituents is 2. The third-order valence-corrected chi connectivity index (χ3v) is 3.24. The van der Waals surface area contributed by atoms with Crippen LogP contribution in [0.3, 0.4) is 0 Å². The largest absolute Gasteiger partial charge is 0.504 e. The molecule has 0 atom stereocenters. The number of carbonyl (C=O) groups is 1. The van der Waals surface area contributed by atoms with Crippen LogP contribution >= 0.6 is 0 Å².